The molecule has 0 bridgehead atoms. The molecule has 21 heteroatoms. The minimum atomic E-state index is -2.06. The fourth-order valence-electron chi connectivity index (χ4n) is 11.3. The van der Waals surface area contributed by atoms with Gasteiger partial charge in [0, 0.05) is 77.7 Å². The van der Waals surface area contributed by atoms with E-state index in [1.807, 2.05) is 48.6 Å². The van der Waals surface area contributed by atoms with E-state index in [1.54, 1.807) is 34.6 Å². The number of ether oxygens (including phenoxy) is 12. The molecule has 4 aliphatic rings. The molecular weight excluding hydrogens is 981 g/mol. The molecule has 4 aliphatic heterocycles. The summed E-state index contributed by atoms with van der Waals surface area (Å²) in [4.78, 5) is 76.2. The Morgan fingerprint density at radius 3 is 1.99 bits per heavy atom. The van der Waals surface area contributed by atoms with E-state index in [1.165, 1.54) is 42.1 Å². The van der Waals surface area contributed by atoms with Crippen molar-refractivity contribution in [2.24, 2.45) is 46.6 Å². The Bertz CT molecular complexity index is 1900. The van der Waals surface area contributed by atoms with Crippen LogP contribution in [0.25, 0.3) is 0 Å². The molecular formula is C54H92N2O19. The van der Waals surface area contributed by atoms with Crippen molar-refractivity contribution in [1.82, 2.24) is 4.90 Å². The molecule has 0 saturated carbocycles. The van der Waals surface area contributed by atoms with Gasteiger partial charge in [0.25, 0.3) is 0 Å². The smallest absolute Gasteiger partial charge is 0.311 e. The van der Waals surface area contributed by atoms with Gasteiger partial charge in [-0.2, -0.15) is 0 Å². The number of rotatable bonds is 16. The zero-order valence-corrected chi connectivity index (χ0v) is 48.1. The molecule has 4 saturated heterocycles. The van der Waals surface area contributed by atoms with Crippen molar-refractivity contribution in [2.75, 3.05) is 41.5 Å². The van der Waals surface area contributed by atoms with Crippen LogP contribution in [0.2, 0.25) is 0 Å². The van der Waals surface area contributed by atoms with Crippen LogP contribution in [0, 0.1) is 41.4 Å². The second-order valence-corrected chi connectivity index (χ2v) is 22.5. The standard InChI is InChI=1S/C54H92N2O19/c1-26(2)20-40(59)72-44-33(9)43(28(4)25-66-52-49(64-18)48(63-17)46(36(12)69-52)70-37(13)57)74-51(61)35(11)45(73-41-21-29(5)56(16)24-31(7)67-41)32(8)42(27(3)23-54(15,62)50(60)34(44)10)75-53-47(71-38(14)58)39(55-65-19)22-30(6)68-53/h26-36,41-49,52-53,62H,20-25H2,1-19H3/t27-,28-,29-,30+,31-,32+,33-,34+,35+,36+,41-,42-,43+,44+,45-,46+,47+,48+,49+,52+,53-,54-/m0/s1. The van der Waals surface area contributed by atoms with E-state index in [0.29, 0.717) is 18.7 Å². The van der Waals surface area contributed by atoms with Gasteiger partial charge in [0.05, 0.1) is 49.0 Å². The fraction of sp³-hybridized carbons (Fsp3) is 0.889. The Morgan fingerprint density at radius 2 is 1.40 bits per heavy atom. The lowest BCUT2D eigenvalue weighted by Gasteiger charge is -2.45. The predicted molar refractivity (Wildman–Crippen MR) is 272 cm³/mol. The molecule has 0 aromatic carbocycles. The number of esters is 4. The highest BCUT2D eigenvalue weighted by molar-refractivity contribution is 5.91. The molecule has 0 aromatic rings. The average Bonchev–Trinajstić information content (AvgIpc) is 3.43. The molecule has 0 amide bonds. The highest BCUT2D eigenvalue weighted by atomic mass is 16.7. The number of likely N-dealkylation sites (N-methyl/N-ethyl adjacent to an activating group) is 1. The summed E-state index contributed by atoms with van der Waals surface area (Å²) in [6.45, 7) is 26.3. The Labute approximate surface area is 445 Å². The van der Waals surface area contributed by atoms with Crippen molar-refractivity contribution in [3.63, 3.8) is 0 Å². The Hall–Kier alpha value is -3.38. The van der Waals surface area contributed by atoms with Gasteiger partial charge in [0.2, 0.25) is 6.29 Å². The number of carbonyl (C=O) groups excluding carboxylic acids is 5. The Morgan fingerprint density at radius 1 is 0.760 bits per heavy atom. The number of methoxy groups -OCH3 is 2. The van der Waals surface area contributed by atoms with Crippen LogP contribution in [-0.2, 0) is 85.7 Å². The van der Waals surface area contributed by atoms with Gasteiger partial charge in [0.1, 0.15) is 42.8 Å². The number of hydrogen-bond acceptors (Lipinski definition) is 21. The number of nitrogens with zero attached hydrogens (tertiary/aromatic N) is 2. The molecule has 21 nitrogen and oxygen atoms in total. The third-order valence-corrected chi connectivity index (χ3v) is 15.2. The molecule has 0 radical (unpaired) electrons. The van der Waals surface area contributed by atoms with Gasteiger partial charge in [0.15, 0.2) is 30.6 Å². The summed E-state index contributed by atoms with van der Waals surface area (Å²) >= 11 is 0. The van der Waals surface area contributed by atoms with Gasteiger partial charge in [-0.3, -0.25) is 24.0 Å². The topological polar surface area (TPSA) is 241 Å². The average molecular weight is 1070 g/mol. The fourth-order valence-corrected chi connectivity index (χ4v) is 11.3. The van der Waals surface area contributed by atoms with Gasteiger partial charge < -0.3 is 71.7 Å². The first kappa shape index (κ1) is 64.1. The maximum absolute atomic E-state index is 15.3. The van der Waals surface area contributed by atoms with Crippen molar-refractivity contribution >= 4 is 35.4 Å². The number of ketones is 1. The summed E-state index contributed by atoms with van der Waals surface area (Å²) in [5.41, 5.74) is -1.69. The number of carbonyl (C=O) groups is 5. The normalized spacial score (nSPS) is 40.9. The van der Waals surface area contributed by atoms with Gasteiger partial charge in [-0.1, -0.05) is 53.6 Å². The van der Waals surface area contributed by atoms with Crippen molar-refractivity contribution < 1.29 is 90.8 Å². The van der Waals surface area contributed by atoms with Crippen LogP contribution in [0.3, 0.4) is 0 Å². The largest absolute Gasteiger partial charge is 0.461 e. The van der Waals surface area contributed by atoms with Crippen LogP contribution in [0.1, 0.15) is 130 Å². The van der Waals surface area contributed by atoms with E-state index in [-0.39, 0.29) is 43.9 Å². The molecule has 4 fully saturated rings. The van der Waals surface area contributed by atoms with E-state index < -0.39 is 151 Å². The molecule has 0 spiro atoms. The van der Waals surface area contributed by atoms with E-state index in [4.69, 9.17) is 61.7 Å². The number of aliphatic hydroxyl groups is 1. The Kier molecular flexibility index (Phi) is 24.4. The second-order valence-electron chi connectivity index (χ2n) is 22.5. The molecule has 1 N–H and O–H groups in total. The van der Waals surface area contributed by atoms with Gasteiger partial charge in [-0.05, 0) is 66.8 Å². The monoisotopic (exact) mass is 1070 g/mol. The van der Waals surface area contributed by atoms with E-state index in [0.717, 1.165) is 0 Å². The minimum absolute atomic E-state index is 0.0205. The highest BCUT2D eigenvalue weighted by Gasteiger charge is 2.52. The maximum Gasteiger partial charge on any atom is 0.311 e. The third kappa shape index (κ3) is 17.1. The molecule has 432 valence electrons. The Balaban J connectivity index is 1.90. The zero-order chi connectivity index (χ0) is 56.4. The van der Waals surface area contributed by atoms with Gasteiger partial charge in [-0.25, -0.2) is 0 Å². The van der Waals surface area contributed by atoms with E-state index >= 15 is 9.59 Å². The number of Topliss-reactive ketones (excluding diaryl/α,β-unsaturated/α-hetero) is 1. The van der Waals surface area contributed by atoms with E-state index in [9.17, 15) is 19.5 Å². The lowest BCUT2D eigenvalue weighted by atomic mass is 9.74. The van der Waals surface area contributed by atoms with Crippen LogP contribution >= 0.6 is 0 Å². The first-order valence-electron chi connectivity index (χ1n) is 26.8. The summed E-state index contributed by atoms with van der Waals surface area (Å²) in [5, 5.41) is 16.7. The highest BCUT2D eigenvalue weighted by Crippen LogP contribution is 2.40. The summed E-state index contributed by atoms with van der Waals surface area (Å²) < 4.78 is 75.6. The first-order valence-corrected chi connectivity index (χ1v) is 26.8. The molecule has 0 unspecified atom stereocenters. The maximum atomic E-state index is 15.3. The van der Waals surface area contributed by atoms with Gasteiger partial charge in [-0.15, -0.1) is 0 Å². The molecule has 75 heavy (non-hydrogen) atoms. The SMILES string of the molecule is CON=C1C[C@@H](C)O[C@@H](O[C@@H]2[C@@H](C)[C@H](O[C@H]3C[C@H](C)N(C)C[C@H](C)O3)[C@@H](C)C(=O)O[C@H]([C@@H](C)CO[C@@H]3O[C@H](C)[C@@H](OC(C)=O)[C@@H](OC)[C@H]3OC)[C@H](C)[C@@H](OC(=O)CC(C)C)[C@@H](C)C(=O)[C@@](C)(O)C[C@@H]2C)[C@@H]1OC(C)=O. The van der Waals surface area contributed by atoms with Crippen LogP contribution in [0.4, 0.5) is 0 Å². The molecule has 0 aromatic heterocycles. The molecule has 0 aliphatic carbocycles. The molecule has 22 atom stereocenters. The quantitative estimate of drug-likeness (QED) is 0.115. The third-order valence-electron chi connectivity index (χ3n) is 15.2. The van der Waals surface area contributed by atoms with Crippen molar-refractivity contribution in [2.45, 2.75) is 227 Å². The number of oxime groups is 1. The first-order chi connectivity index (χ1) is 35.0. The summed E-state index contributed by atoms with van der Waals surface area (Å²) in [5.74, 6) is -8.35. The van der Waals surface area contributed by atoms with Crippen LogP contribution in [-0.4, -0.2) is 185 Å². The van der Waals surface area contributed by atoms with Crippen molar-refractivity contribution in [3.8, 4) is 0 Å². The van der Waals surface area contributed by atoms with Gasteiger partial charge >= 0.3 is 23.9 Å². The zero-order valence-electron chi connectivity index (χ0n) is 48.1. The molecule has 4 heterocycles. The lowest BCUT2D eigenvalue weighted by molar-refractivity contribution is -0.307. The minimum Gasteiger partial charge on any atom is -0.461 e. The number of hydrogen-bond donors (Lipinski definition) is 1. The van der Waals surface area contributed by atoms with Crippen LogP contribution < -0.4 is 0 Å². The van der Waals surface area contributed by atoms with Crippen LogP contribution in [0.5, 0.6) is 0 Å². The summed E-state index contributed by atoms with van der Waals surface area (Å²) in [6.07, 6.45) is -11.9. The number of cyclic esters (lactones) is 1. The van der Waals surface area contributed by atoms with Crippen LogP contribution in [0.15, 0.2) is 5.16 Å². The predicted octanol–water partition coefficient (Wildman–Crippen LogP) is 5.41. The van der Waals surface area contributed by atoms with Crippen molar-refractivity contribution in [3.05, 3.63) is 0 Å². The summed E-state index contributed by atoms with van der Waals surface area (Å²) in [7, 11) is 6.31. The second kappa shape index (κ2) is 28.5. The lowest BCUT2D eigenvalue weighted by Crippen LogP contribution is -2.60. The summed E-state index contributed by atoms with van der Waals surface area (Å²) in [6, 6.07) is 0.0205. The molecule has 4 rings (SSSR count). The van der Waals surface area contributed by atoms with Crippen molar-refractivity contribution in [1.29, 1.82) is 0 Å². The van der Waals surface area contributed by atoms with E-state index in [2.05, 4.69) is 17.0 Å².